The second-order valence-electron chi connectivity index (χ2n) is 7.23. The molecule has 5 rings (SSSR count). The summed E-state index contributed by atoms with van der Waals surface area (Å²) < 4.78 is 5.52. The molecule has 3 atom stereocenters. The number of aryl methyl sites for hydroxylation is 1. The van der Waals surface area contributed by atoms with Crippen LogP contribution in [0.25, 0.3) is 0 Å². The Balaban J connectivity index is 1.73. The van der Waals surface area contributed by atoms with E-state index in [1.807, 2.05) is 36.4 Å². The van der Waals surface area contributed by atoms with Crippen molar-refractivity contribution in [1.82, 2.24) is 0 Å². The normalized spacial score (nSPS) is 27.8. The topological polar surface area (TPSA) is 9.23 Å². The lowest BCUT2D eigenvalue weighted by molar-refractivity contribution is 0.137. The van der Waals surface area contributed by atoms with Crippen molar-refractivity contribution in [2.75, 3.05) is 0 Å². The maximum Gasteiger partial charge on any atom is 0.174 e. The largest absolute Gasteiger partial charge is 0.479 e. The highest BCUT2D eigenvalue weighted by atomic mass is 35.5. The molecule has 1 fully saturated rings. The zero-order chi connectivity index (χ0) is 17.9. The van der Waals surface area contributed by atoms with Crippen molar-refractivity contribution in [3.05, 3.63) is 101 Å². The Kier molecular flexibility index (Phi) is 3.44. The van der Waals surface area contributed by atoms with Gasteiger partial charge in [0.1, 0.15) is 5.75 Å². The minimum absolute atomic E-state index is 0.0432. The summed E-state index contributed by atoms with van der Waals surface area (Å²) in [5, 5.41) is 0. The van der Waals surface area contributed by atoms with Crippen molar-refractivity contribution in [2.45, 2.75) is 22.8 Å². The Bertz CT molecular complexity index is 965. The smallest absolute Gasteiger partial charge is 0.174 e. The van der Waals surface area contributed by atoms with Gasteiger partial charge in [-0.1, -0.05) is 102 Å². The fourth-order valence-corrected chi connectivity index (χ4v) is 5.41. The SMILES string of the molecule is Cc1ccc([C@H]2c3ccccc3O[C@@]3(c4ccccc4)[C@@H]2C3(Cl)Cl)cc1. The van der Waals surface area contributed by atoms with Crippen LogP contribution in [0, 0.1) is 12.8 Å². The van der Waals surface area contributed by atoms with Crippen LogP contribution < -0.4 is 4.74 Å². The molecular weight excluding hydrogens is 363 g/mol. The highest BCUT2D eigenvalue weighted by Gasteiger charge is 2.83. The second kappa shape index (κ2) is 5.52. The zero-order valence-corrected chi connectivity index (χ0v) is 15.8. The number of halogens is 2. The van der Waals surface area contributed by atoms with Crippen LogP contribution in [0.2, 0.25) is 0 Å². The number of ether oxygens (including phenoxy) is 1. The van der Waals surface area contributed by atoms with Gasteiger partial charge in [0.2, 0.25) is 0 Å². The van der Waals surface area contributed by atoms with Gasteiger partial charge in [0.25, 0.3) is 0 Å². The van der Waals surface area contributed by atoms with Crippen LogP contribution in [0.5, 0.6) is 5.75 Å². The molecule has 26 heavy (non-hydrogen) atoms. The summed E-state index contributed by atoms with van der Waals surface area (Å²) in [6, 6.07) is 26.9. The van der Waals surface area contributed by atoms with E-state index >= 15 is 0 Å². The first-order valence-electron chi connectivity index (χ1n) is 8.83. The summed E-state index contributed by atoms with van der Waals surface area (Å²) in [5.41, 5.74) is 3.92. The number of alkyl halides is 2. The summed E-state index contributed by atoms with van der Waals surface area (Å²) in [5.74, 6) is 0.912. The molecule has 0 radical (unpaired) electrons. The molecule has 0 N–H and O–H groups in total. The monoisotopic (exact) mass is 380 g/mol. The molecular formula is C23H18Cl2O. The minimum Gasteiger partial charge on any atom is -0.479 e. The Morgan fingerprint density at radius 1 is 0.808 bits per heavy atom. The summed E-state index contributed by atoms with van der Waals surface area (Å²) >= 11 is 13.8. The first kappa shape index (κ1) is 16.2. The van der Waals surface area contributed by atoms with Crippen molar-refractivity contribution in [2.24, 2.45) is 5.92 Å². The molecule has 1 heterocycles. The lowest BCUT2D eigenvalue weighted by atomic mass is 9.82. The van der Waals surface area contributed by atoms with Gasteiger partial charge in [0.05, 0.1) is 5.92 Å². The number of hydrogen-bond donors (Lipinski definition) is 0. The summed E-state index contributed by atoms with van der Waals surface area (Å²) in [7, 11) is 0. The van der Waals surface area contributed by atoms with E-state index in [1.165, 1.54) is 11.1 Å². The van der Waals surface area contributed by atoms with E-state index in [4.69, 9.17) is 27.9 Å². The van der Waals surface area contributed by atoms with Crippen molar-refractivity contribution in [1.29, 1.82) is 0 Å². The molecule has 0 aromatic heterocycles. The standard InChI is InChI=1S/C23H18Cl2O/c1-15-11-13-16(14-12-15)20-18-9-5-6-10-19(18)26-22(21(20)23(22,24)25)17-7-3-2-4-8-17/h2-14,20-21H,1H3/t20-,21+,22-/m0/s1. The minimum atomic E-state index is -0.983. The predicted octanol–water partition coefficient (Wildman–Crippen LogP) is 6.22. The average molecular weight is 381 g/mol. The van der Waals surface area contributed by atoms with Crippen LogP contribution in [-0.2, 0) is 5.60 Å². The first-order chi connectivity index (χ1) is 12.6. The molecule has 0 unspecified atom stereocenters. The molecule has 1 nitrogen and oxygen atoms in total. The Labute approximate surface area is 163 Å². The van der Waals surface area contributed by atoms with Crippen LogP contribution in [0.15, 0.2) is 78.9 Å². The van der Waals surface area contributed by atoms with Gasteiger partial charge >= 0.3 is 0 Å². The van der Waals surface area contributed by atoms with E-state index in [2.05, 4.69) is 49.4 Å². The Hall–Kier alpha value is -1.96. The molecule has 0 bridgehead atoms. The average Bonchev–Trinajstić information content (AvgIpc) is 3.17. The van der Waals surface area contributed by atoms with Crippen LogP contribution >= 0.6 is 23.2 Å². The second-order valence-corrected chi connectivity index (χ2v) is 8.62. The zero-order valence-electron chi connectivity index (χ0n) is 14.3. The van der Waals surface area contributed by atoms with E-state index in [0.717, 1.165) is 16.9 Å². The van der Waals surface area contributed by atoms with E-state index in [0.29, 0.717) is 0 Å². The lowest BCUT2D eigenvalue weighted by Crippen LogP contribution is -2.28. The van der Waals surface area contributed by atoms with E-state index in [-0.39, 0.29) is 11.8 Å². The van der Waals surface area contributed by atoms with Gasteiger partial charge in [0.15, 0.2) is 9.93 Å². The van der Waals surface area contributed by atoms with Gasteiger partial charge in [-0.05, 0) is 24.1 Å². The Morgan fingerprint density at radius 3 is 2.19 bits per heavy atom. The van der Waals surface area contributed by atoms with E-state index in [9.17, 15) is 0 Å². The molecule has 3 heteroatoms. The Morgan fingerprint density at radius 2 is 1.46 bits per heavy atom. The van der Waals surface area contributed by atoms with Crippen molar-refractivity contribution in [3.8, 4) is 5.75 Å². The van der Waals surface area contributed by atoms with Crippen molar-refractivity contribution < 1.29 is 4.74 Å². The van der Waals surface area contributed by atoms with Gasteiger partial charge in [-0.25, -0.2) is 0 Å². The molecule has 0 amide bonds. The lowest BCUT2D eigenvalue weighted by Gasteiger charge is -2.31. The number of para-hydroxylation sites is 1. The van der Waals surface area contributed by atoms with E-state index in [1.54, 1.807) is 0 Å². The molecule has 130 valence electrons. The highest BCUT2D eigenvalue weighted by Crippen LogP contribution is 2.77. The van der Waals surface area contributed by atoms with Crippen molar-refractivity contribution in [3.63, 3.8) is 0 Å². The molecule has 3 aromatic carbocycles. The number of hydrogen-bond acceptors (Lipinski definition) is 1. The quantitative estimate of drug-likeness (QED) is 0.479. The van der Waals surface area contributed by atoms with Gasteiger partial charge < -0.3 is 4.74 Å². The summed E-state index contributed by atoms with van der Waals surface area (Å²) in [6.07, 6.45) is 0. The van der Waals surface area contributed by atoms with Gasteiger partial charge in [0, 0.05) is 11.5 Å². The van der Waals surface area contributed by atoms with Crippen molar-refractivity contribution >= 4 is 23.2 Å². The predicted molar refractivity (Wildman–Crippen MR) is 106 cm³/mol. The molecule has 3 aromatic rings. The highest BCUT2D eigenvalue weighted by molar-refractivity contribution is 6.52. The fourth-order valence-electron chi connectivity index (χ4n) is 4.43. The third kappa shape index (κ3) is 2.05. The van der Waals surface area contributed by atoms with Crippen LogP contribution in [0.1, 0.15) is 28.2 Å². The summed E-state index contributed by atoms with van der Waals surface area (Å²) in [6.45, 7) is 2.10. The first-order valence-corrected chi connectivity index (χ1v) is 9.59. The molecule has 1 saturated carbocycles. The van der Waals surface area contributed by atoms with Gasteiger partial charge in [-0.15, -0.1) is 0 Å². The third-order valence-electron chi connectivity index (χ3n) is 5.74. The van der Waals surface area contributed by atoms with Crippen LogP contribution in [-0.4, -0.2) is 4.33 Å². The maximum absolute atomic E-state index is 6.91. The molecule has 0 saturated heterocycles. The summed E-state index contributed by atoms with van der Waals surface area (Å²) in [4.78, 5) is 0. The number of fused-ring (bicyclic) bond motifs is 2. The number of rotatable bonds is 2. The van der Waals surface area contributed by atoms with Crippen LogP contribution in [0.4, 0.5) is 0 Å². The third-order valence-corrected chi connectivity index (χ3v) is 6.77. The molecule has 2 aliphatic rings. The van der Waals surface area contributed by atoms with Gasteiger partial charge in [-0.2, -0.15) is 0 Å². The molecule has 1 aliphatic carbocycles. The molecule has 1 aliphatic heterocycles. The molecule has 0 spiro atoms. The maximum atomic E-state index is 6.91. The number of benzene rings is 3. The van der Waals surface area contributed by atoms with Crippen LogP contribution in [0.3, 0.4) is 0 Å². The van der Waals surface area contributed by atoms with E-state index < -0.39 is 9.93 Å². The fraction of sp³-hybridized carbons (Fsp3) is 0.217. The van der Waals surface area contributed by atoms with Gasteiger partial charge in [-0.3, -0.25) is 0 Å².